The lowest BCUT2D eigenvalue weighted by Gasteiger charge is -2.10. The lowest BCUT2D eigenvalue weighted by Crippen LogP contribution is -2.18. The molecule has 4 nitrogen and oxygen atoms in total. The predicted octanol–water partition coefficient (Wildman–Crippen LogP) is 1.05. The van der Waals surface area contributed by atoms with Crippen LogP contribution in [-0.4, -0.2) is 13.7 Å². The van der Waals surface area contributed by atoms with Gasteiger partial charge in [0.15, 0.2) is 0 Å². The summed E-state index contributed by atoms with van der Waals surface area (Å²) >= 11 is 0. The molecule has 0 spiro atoms. The molecule has 0 amide bonds. The first-order chi connectivity index (χ1) is 7.13. The molecule has 0 saturated heterocycles. The number of hydrogen-bond donors (Lipinski definition) is 2. The van der Waals surface area contributed by atoms with Gasteiger partial charge in [-0.1, -0.05) is 18.2 Å². The van der Waals surface area contributed by atoms with Gasteiger partial charge in [0.05, 0.1) is 10.9 Å². The van der Waals surface area contributed by atoms with Crippen LogP contribution in [0.5, 0.6) is 0 Å². The predicted molar refractivity (Wildman–Crippen MR) is 59.9 cm³/mol. The number of sulfonamides is 1. The summed E-state index contributed by atoms with van der Waals surface area (Å²) in [5.74, 6) is 0. The van der Waals surface area contributed by atoms with E-state index in [4.69, 9.17) is 5.73 Å². The van der Waals surface area contributed by atoms with E-state index in [0.717, 1.165) is 18.4 Å². The average Bonchev–Trinajstić information content (AvgIpc) is 3.01. The van der Waals surface area contributed by atoms with Crippen molar-refractivity contribution in [1.29, 1.82) is 0 Å². The quantitative estimate of drug-likeness (QED) is 0.806. The van der Waals surface area contributed by atoms with E-state index in [0.29, 0.717) is 12.2 Å². The molecule has 1 aliphatic rings. The van der Waals surface area contributed by atoms with Gasteiger partial charge < -0.3 is 5.73 Å². The summed E-state index contributed by atoms with van der Waals surface area (Å²) in [6, 6.07) is 7.20. The molecule has 0 heterocycles. The van der Waals surface area contributed by atoms with Crippen molar-refractivity contribution in [3.05, 3.63) is 29.8 Å². The number of nitrogens with two attached hydrogens (primary N) is 1. The van der Waals surface area contributed by atoms with Gasteiger partial charge in [-0.2, -0.15) is 0 Å². The molecule has 3 N–H and O–H groups in total. The SMILES string of the molecule is NCc1ccccc1NS(=O)(=O)C1CC1. The molecule has 15 heavy (non-hydrogen) atoms. The van der Waals surface area contributed by atoms with Crippen LogP contribution >= 0.6 is 0 Å². The van der Waals surface area contributed by atoms with Gasteiger partial charge in [-0.05, 0) is 24.5 Å². The molecule has 0 aromatic heterocycles. The highest BCUT2D eigenvalue weighted by molar-refractivity contribution is 7.93. The minimum atomic E-state index is -3.18. The Balaban J connectivity index is 2.23. The Morgan fingerprint density at radius 2 is 2.00 bits per heavy atom. The number of benzene rings is 1. The summed E-state index contributed by atoms with van der Waals surface area (Å²) in [6.45, 7) is 0.337. The van der Waals surface area contributed by atoms with E-state index < -0.39 is 10.0 Å². The van der Waals surface area contributed by atoms with E-state index in [1.807, 2.05) is 12.1 Å². The summed E-state index contributed by atoms with van der Waals surface area (Å²) < 4.78 is 25.9. The first-order valence-corrected chi connectivity index (χ1v) is 6.48. The van der Waals surface area contributed by atoms with E-state index in [2.05, 4.69) is 4.72 Å². The monoisotopic (exact) mass is 226 g/mol. The molecular formula is C10H14N2O2S. The first kappa shape index (κ1) is 10.4. The molecule has 1 aromatic carbocycles. The van der Waals surface area contributed by atoms with Crippen molar-refractivity contribution in [2.75, 3.05) is 4.72 Å². The second-order valence-corrected chi connectivity index (χ2v) is 5.67. The lowest BCUT2D eigenvalue weighted by atomic mass is 10.2. The standard InChI is InChI=1S/C10H14N2O2S/c11-7-8-3-1-2-4-10(8)12-15(13,14)9-5-6-9/h1-4,9,12H,5-7,11H2. The van der Waals surface area contributed by atoms with Crippen molar-refractivity contribution in [3.63, 3.8) is 0 Å². The molecular weight excluding hydrogens is 212 g/mol. The van der Waals surface area contributed by atoms with E-state index in [1.165, 1.54) is 0 Å². The van der Waals surface area contributed by atoms with Gasteiger partial charge in [-0.25, -0.2) is 8.42 Å². The minimum Gasteiger partial charge on any atom is -0.326 e. The Morgan fingerprint density at radius 1 is 1.33 bits per heavy atom. The van der Waals surface area contributed by atoms with Gasteiger partial charge in [0.25, 0.3) is 0 Å². The van der Waals surface area contributed by atoms with Gasteiger partial charge in [0.2, 0.25) is 10.0 Å². The van der Waals surface area contributed by atoms with Crippen LogP contribution in [0.25, 0.3) is 0 Å². The summed E-state index contributed by atoms with van der Waals surface area (Å²) in [5.41, 5.74) is 6.95. The van der Waals surface area contributed by atoms with Gasteiger partial charge in [-0.15, -0.1) is 0 Å². The van der Waals surface area contributed by atoms with Crippen molar-refractivity contribution >= 4 is 15.7 Å². The Hall–Kier alpha value is -1.07. The first-order valence-electron chi connectivity index (χ1n) is 4.93. The summed E-state index contributed by atoms with van der Waals surface area (Å²) in [5, 5.41) is -0.205. The highest BCUT2D eigenvalue weighted by Gasteiger charge is 2.35. The summed E-state index contributed by atoms with van der Waals surface area (Å²) in [6.07, 6.45) is 1.53. The maximum atomic E-state index is 11.7. The molecule has 0 aliphatic heterocycles. The topological polar surface area (TPSA) is 72.2 Å². The normalized spacial score (nSPS) is 16.3. The van der Waals surface area contributed by atoms with Crippen molar-refractivity contribution in [3.8, 4) is 0 Å². The van der Waals surface area contributed by atoms with Crippen molar-refractivity contribution in [1.82, 2.24) is 0 Å². The molecule has 1 fully saturated rings. The number of anilines is 1. The van der Waals surface area contributed by atoms with Crippen LogP contribution in [-0.2, 0) is 16.6 Å². The molecule has 5 heteroatoms. The van der Waals surface area contributed by atoms with Crippen LogP contribution < -0.4 is 10.5 Å². The summed E-state index contributed by atoms with van der Waals surface area (Å²) in [7, 11) is -3.18. The molecule has 0 atom stereocenters. The lowest BCUT2D eigenvalue weighted by molar-refractivity contribution is 0.600. The minimum absolute atomic E-state index is 0.205. The van der Waals surface area contributed by atoms with Gasteiger partial charge in [0.1, 0.15) is 0 Å². The third-order valence-corrected chi connectivity index (χ3v) is 4.31. The molecule has 82 valence electrons. The number of para-hydroxylation sites is 1. The van der Waals surface area contributed by atoms with E-state index in [9.17, 15) is 8.42 Å². The van der Waals surface area contributed by atoms with Crippen LogP contribution in [0.4, 0.5) is 5.69 Å². The van der Waals surface area contributed by atoms with Crippen molar-refractivity contribution < 1.29 is 8.42 Å². The maximum Gasteiger partial charge on any atom is 0.235 e. The highest BCUT2D eigenvalue weighted by Crippen LogP contribution is 2.30. The third kappa shape index (κ3) is 2.30. The fourth-order valence-corrected chi connectivity index (χ4v) is 2.84. The molecule has 0 bridgehead atoms. The Kier molecular flexibility index (Phi) is 2.67. The highest BCUT2D eigenvalue weighted by atomic mass is 32.2. The molecule has 1 aromatic rings. The van der Waals surface area contributed by atoms with Gasteiger partial charge in [-0.3, -0.25) is 4.72 Å². The Morgan fingerprint density at radius 3 is 2.60 bits per heavy atom. The molecule has 1 saturated carbocycles. The molecule has 0 radical (unpaired) electrons. The van der Waals surface area contributed by atoms with E-state index in [-0.39, 0.29) is 5.25 Å². The van der Waals surface area contributed by atoms with Crippen LogP contribution in [0.2, 0.25) is 0 Å². The number of rotatable bonds is 4. The van der Waals surface area contributed by atoms with Crippen LogP contribution in [0.3, 0.4) is 0 Å². The fraction of sp³-hybridized carbons (Fsp3) is 0.400. The second-order valence-electron chi connectivity index (χ2n) is 3.71. The Bertz CT molecular complexity index is 452. The third-order valence-electron chi connectivity index (χ3n) is 2.45. The second kappa shape index (κ2) is 3.83. The smallest absolute Gasteiger partial charge is 0.235 e. The molecule has 2 rings (SSSR count). The van der Waals surface area contributed by atoms with Crippen molar-refractivity contribution in [2.24, 2.45) is 5.73 Å². The van der Waals surface area contributed by atoms with E-state index in [1.54, 1.807) is 12.1 Å². The van der Waals surface area contributed by atoms with Crippen molar-refractivity contribution in [2.45, 2.75) is 24.6 Å². The van der Waals surface area contributed by atoms with Crippen LogP contribution in [0.15, 0.2) is 24.3 Å². The molecule has 0 unspecified atom stereocenters. The zero-order valence-electron chi connectivity index (χ0n) is 8.31. The zero-order chi connectivity index (χ0) is 10.9. The van der Waals surface area contributed by atoms with Gasteiger partial charge in [0, 0.05) is 6.54 Å². The summed E-state index contributed by atoms with van der Waals surface area (Å²) in [4.78, 5) is 0. The largest absolute Gasteiger partial charge is 0.326 e. The van der Waals surface area contributed by atoms with E-state index >= 15 is 0 Å². The van der Waals surface area contributed by atoms with Gasteiger partial charge >= 0.3 is 0 Å². The van der Waals surface area contributed by atoms with Crippen LogP contribution in [0, 0.1) is 0 Å². The number of nitrogens with one attached hydrogen (secondary N) is 1. The number of hydrogen-bond acceptors (Lipinski definition) is 3. The fourth-order valence-electron chi connectivity index (χ4n) is 1.41. The maximum absolute atomic E-state index is 11.7. The van der Waals surface area contributed by atoms with Crippen LogP contribution in [0.1, 0.15) is 18.4 Å². The Labute approximate surface area is 89.5 Å². The zero-order valence-corrected chi connectivity index (χ0v) is 9.13. The average molecular weight is 226 g/mol. The molecule has 1 aliphatic carbocycles.